The lowest BCUT2D eigenvalue weighted by atomic mass is 9.99. The summed E-state index contributed by atoms with van der Waals surface area (Å²) in [5, 5.41) is 0. The van der Waals surface area contributed by atoms with Gasteiger partial charge in [-0.3, -0.25) is 0 Å². The third-order valence-corrected chi connectivity index (χ3v) is 7.32. The Morgan fingerprint density at radius 3 is 1.09 bits per heavy atom. The zero-order chi connectivity index (χ0) is 31.6. The van der Waals surface area contributed by atoms with Crippen LogP contribution in [0.2, 0.25) is 0 Å². The van der Waals surface area contributed by atoms with E-state index in [0.717, 1.165) is 38.9 Å². The molecule has 0 saturated carbocycles. The van der Waals surface area contributed by atoms with Gasteiger partial charge in [0.15, 0.2) is 29.1 Å². The second-order valence-electron chi connectivity index (χ2n) is 10.9. The molecule has 222 valence electrons. The molecule has 3 aromatic heterocycles. The zero-order valence-electron chi connectivity index (χ0n) is 25.8. The van der Waals surface area contributed by atoms with Gasteiger partial charge in [0.25, 0.3) is 0 Å². The molecular formula is C37H29N9. The highest BCUT2D eigenvalue weighted by Crippen LogP contribution is 2.32. The monoisotopic (exact) mass is 599 g/mol. The van der Waals surface area contributed by atoms with Gasteiger partial charge in [-0.05, 0) is 63.1 Å². The lowest BCUT2D eigenvalue weighted by Gasteiger charge is -2.12. The molecular weight excluding hydrogens is 570 g/mol. The number of aromatic nitrogens is 9. The molecule has 0 atom stereocenters. The molecule has 0 N–H and O–H groups in total. The van der Waals surface area contributed by atoms with Gasteiger partial charge in [-0.15, -0.1) is 0 Å². The van der Waals surface area contributed by atoms with E-state index < -0.39 is 0 Å². The van der Waals surface area contributed by atoms with Crippen LogP contribution < -0.4 is 0 Å². The Labute approximate surface area is 266 Å². The molecule has 4 aromatic carbocycles. The van der Waals surface area contributed by atoms with E-state index in [1.54, 1.807) is 0 Å². The Morgan fingerprint density at radius 1 is 0.261 bits per heavy atom. The third-order valence-electron chi connectivity index (χ3n) is 7.32. The number of hydrogen-bond acceptors (Lipinski definition) is 9. The van der Waals surface area contributed by atoms with Crippen molar-refractivity contribution in [2.75, 3.05) is 0 Å². The summed E-state index contributed by atoms with van der Waals surface area (Å²) in [5.74, 6) is 5.50. The van der Waals surface area contributed by atoms with Crippen LogP contribution in [0, 0.1) is 27.7 Å². The summed E-state index contributed by atoms with van der Waals surface area (Å²) in [6.45, 7) is 7.49. The van der Waals surface area contributed by atoms with Gasteiger partial charge in [0, 0.05) is 27.8 Å². The summed E-state index contributed by atoms with van der Waals surface area (Å²) in [6.07, 6.45) is 0. The molecule has 0 aliphatic rings. The summed E-state index contributed by atoms with van der Waals surface area (Å²) in [7, 11) is 0. The highest BCUT2D eigenvalue weighted by atomic mass is 15.0. The minimum atomic E-state index is 0.549. The summed E-state index contributed by atoms with van der Waals surface area (Å²) in [4.78, 5) is 42.1. The van der Waals surface area contributed by atoms with Crippen LogP contribution in [0.1, 0.15) is 23.3 Å². The van der Waals surface area contributed by atoms with Crippen molar-refractivity contribution in [2.24, 2.45) is 0 Å². The molecule has 7 rings (SSSR count). The molecule has 0 radical (unpaired) electrons. The molecule has 0 fully saturated rings. The van der Waals surface area contributed by atoms with Gasteiger partial charge < -0.3 is 0 Å². The van der Waals surface area contributed by atoms with E-state index in [1.165, 1.54) is 0 Å². The van der Waals surface area contributed by atoms with Gasteiger partial charge in [0.05, 0.1) is 0 Å². The molecule has 46 heavy (non-hydrogen) atoms. The molecule has 0 spiro atoms. The molecule has 0 aliphatic carbocycles. The lowest BCUT2D eigenvalue weighted by Crippen LogP contribution is -2.02. The molecule has 0 saturated heterocycles. The maximum atomic E-state index is 4.97. The largest absolute Gasteiger partial charge is 0.219 e. The SMILES string of the molecule is Cc1nc(C)nc(-c2cccc(-c3nc(C)nc(-c4cc(-c5ccccc5)cc(-c5nc(C)nc(-c6ccccc6)n5)c4)n3)c2)n1. The average molecular weight is 600 g/mol. The number of nitrogens with zero attached hydrogens (tertiary/aromatic N) is 9. The number of aryl methyl sites for hydroxylation is 4. The predicted molar refractivity (Wildman–Crippen MR) is 178 cm³/mol. The maximum Gasteiger partial charge on any atom is 0.163 e. The Bertz CT molecular complexity index is 2180. The van der Waals surface area contributed by atoms with Crippen molar-refractivity contribution in [2.45, 2.75) is 27.7 Å². The van der Waals surface area contributed by atoms with E-state index in [0.29, 0.717) is 52.4 Å². The Balaban J connectivity index is 1.36. The highest BCUT2D eigenvalue weighted by molar-refractivity contribution is 5.78. The van der Waals surface area contributed by atoms with Crippen molar-refractivity contribution < 1.29 is 0 Å². The first-order valence-electron chi connectivity index (χ1n) is 14.9. The van der Waals surface area contributed by atoms with Gasteiger partial charge in [-0.25, -0.2) is 44.9 Å². The van der Waals surface area contributed by atoms with Gasteiger partial charge in [-0.1, -0.05) is 78.9 Å². The first kappa shape index (κ1) is 28.7. The summed E-state index contributed by atoms with van der Waals surface area (Å²) in [5.41, 5.74) is 6.33. The van der Waals surface area contributed by atoms with Crippen LogP contribution in [0.5, 0.6) is 0 Å². The van der Waals surface area contributed by atoms with Crippen molar-refractivity contribution in [3.8, 4) is 68.1 Å². The van der Waals surface area contributed by atoms with E-state index in [-0.39, 0.29) is 0 Å². The van der Waals surface area contributed by atoms with E-state index >= 15 is 0 Å². The van der Waals surface area contributed by atoms with E-state index in [4.69, 9.17) is 24.9 Å². The molecule has 9 heteroatoms. The van der Waals surface area contributed by atoms with Crippen molar-refractivity contribution in [3.63, 3.8) is 0 Å². The average Bonchev–Trinajstić information content (AvgIpc) is 3.08. The molecule has 9 nitrogen and oxygen atoms in total. The van der Waals surface area contributed by atoms with Crippen LogP contribution in [-0.2, 0) is 0 Å². The van der Waals surface area contributed by atoms with Crippen molar-refractivity contribution in [1.29, 1.82) is 0 Å². The first-order valence-corrected chi connectivity index (χ1v) is 14.9. The van der Waals surface area contributed by atoms with Crippen molar-refractivity contribution in [3.05, 3.63) is 126 Å². The van der Waals surface area contributed by atoms with Crippen LogP contribution in [0.4, 0.5) is 0 Å². The number of hydrogen-bond donors (Lipinski definition) is 0. The van der Waals surface area contributed by atoms with Gasteiger partial charge in [-0.2, -0.15) is 0 Å². The first-order chi connectivity index (χ1) is 22.4. The fraction of sp³-hybridized carbons (Fsp3) is 0.108. The Kier molecular flexibility index (Phi) is 7.56. The van der Waals surface area contributed by atoms with E-state index in [2.05, 4.69) is 44.2 Å². The summed E-state index contributed by atoms with van der Waals surface area (Å²) in [6, 6.07) is 34.3. The van der Waals surface area contributed by atoms with Crippen LogP contribution in [-0.4, -0.2) is 44.9 Å². The van der Waals surface area contributed by atoms with Gasteiger partial charge in [0.2, 0.25) is 0 Å². The van der Waals surface area contributed by atoms with E-state index in [1.807, 2.05) is 107 Å². The summed E-state index contributed by atoms with van der Waals surface area (Å²) < 4.78 is 0. The Morgan fingerprint density at radius 2 is 0.587 bits per heavy atom. The standard InChI is InChI=1S/C37H29N9/c1-22-38-23(2)40-34(39-22)28-16-11-17-29(18-28)35-42-25(4)44-37(46-35)32-20-30(26-12-7-5-8-13-26)19-31(21-32)36-43-24(3)41-33(45-36)27-14-9-6-10-15-27/h5-21H,1-4H3. The lowest BCUT2D eigenvalue weighted by molar-refractivity contribution is 0.928. The van der Waals surface area contributed by atoms with Crippen LogP contribution in [0.25, 0.3) is 68.1 Å². The fourth-order valence-corrected chi connectivity index (χ4v) is 5.29. The van der Waals surface area contributed by atoms with Crippen LogP contribution in [0.3, 0.4) is 0 Å². The molecule has 0 unspecified atom stereocenters. The van der Waals surface area contributed by atoms with E-state index in [9.17, 15) is 0 Å². The topological polar surface area (TPSA) is 116 Å². The molecule has 3 heterocycles. The second-order valence-corrected chi connectivity index (χ2v) is 10.9. The summed E-state index contributed by atoms with van der Waals surface area (Å²) >= 11 is 0. The minimum Gasteiger partial charge on any atom is -0.219 e. The molecule has 7 aromatic rings. The quantitative estimate of drug-likeness (QED) is 0.192. The highest BCUT2D eigenvalue weighted by Gasteiger charge is 2.16. The van der Waals surface area contributed by atoms with Crippen LogP contribution >= 0.6 is 0 Å². The molecule has 0 amide bonds. The number of benzene rings is 4. The van der Waals surface area contributed by atoms with Crippen molar-refractivity contribution in [1.82, 2.24) is 44.9 Å². The van der Waals surface area contributed by atoms with Gasteiger partial charge in [0.1, 0.15) is 23.3 Å². The third kappa shape index (κ3) is 6.11. The van der Waals surface area contributed by atoms with Crippen LogP contribution in [0.15, 0.2) is 103 Å². The second kappa shape index (κ2) is 12.1. The number of rotatable bonds is 6. The fourth-order valence-electron chi connectivity index (χ4n) is 5.29. The van der Waals surface area contributed by atoms with Crippen molar-refractivity contribution >= 4 is 0 Å². The predicted octanol–water partition coefficient (Wildman–Crippen LogP) is 7.48. The Hall–Kier alpha value is -6.09. The van der Waals surface area contributed by atoms with Gasteiger partial charge >= 0.3 is 0 Å². The maximum absolute atomic E-state index is 4.97. The smallest absolute Gasteiger partial charge is 0.163 e. The minimum absolute atomic E-state index is 0.549. The molecule has 0 aliphatic heterocycles. The molecule has 0 bridgehead atoms. The zero-order valence-corrected chi connectivity index (χ0v) is 25.8. The normalized spacial score (nSPS) is 11.0.